The average molecular weight is 1080 g/mol. The van der Waals surface area contributed by atoms with Crippen molar-refractivity contribution in [1.29, 1.82) is 0 Å². The molecule has 0 aromatic heterocycles. The lowest BCUT2D eigenvalue weighted by atomic mass is 9.98. The summed E-state index contributed by atoms with van der Waals surface area (Å²) in [6, 6.07) is -1.17. The van der Waals surface area contributed by atoms with Gasteiger partial charge in [-0.15, -0.1) is 0 Å². The van der Waals surface area contributed by atoms with Crippen molar-refractivity contribution in [2.75, 3.05) is 13.2 Å². The molecule has 1 aliphatic rings. The van der Waals surface area contributed by atoms with Gasteiger partial charge in [0.2, 0.25) is 5.91 Å². The second-order valence-corrected chi connectivity index (χ2v) is 23.5. The van der Waals surface area contributed by atoms with Crippen LogP contribution in [0.5, 0.6) is 0 Å². The van der Waals surface area contributed by atoms with Crippen LogP contribution < -0.4 is 5.32 Å². The summed E-state index contributed by atoms with van der Waals surface area (Å²) in [5, 5.41) is 76.4. The van der Waals surface area contributed by atoms with Crippen LogP contribution in [0, 0.1) is 0 Å². The van der Waals surface area contributed by atoms with Gasteiger partial charge in [-0.05, 0) is 38.5 Å². The lowest BCUT2D eigenvalue weighted by molar-refractivity contribution is -0.303. The third-order valence-corrected chi connectivity index (χ3v) is 16.3. The second-order valence-electron chi connectivity index (χ2n) is 23.5. The van der Waals surface area contributed by atoms with Gasteiger partial charge < -0.3 is 50.5 Å². The van der Waals surface area contributed by atoms with Gasteiger partial charge in [-0.2, -0.15) is 0 Å². The molecule has 0 bridgehead atoms. The van der Waals surface area contributed by atoms with Crippen molar-refractivity contribution < 1.29 is 50.0 Å². The van der Waals surface area contributed by atoms with Crippen LogP contribution in [0.3, 0.4) is 0 Å². The molecule has 1 aliphatic heterocycles. The fourth-order valence-corrected chi connectivity index (χ4v) is 11.0. The van der Waals surface area contributed by atoms with E-state index in [1.165, 1.54) is 238 Å². The Hall–Kier alpha value is -1.15. The van der Waals surface area contributed by atoms with Crippen LogP contribution in [0.15, 0.2) is 12.2 Å². The number of rotatable bonds is 58. The Morgan fingerprint density at radius 2 is 0.763 bits per heavy atom. The minimum Gasteiger partial charge on any atom is -0.394 e. The van der Waals surface area contributed by atoms with E-state index in [9.17, 15) is 40.5 Å². The molecule has 0 saturated carbocycles. The van der Waals surface area contributed by atoms with E-state index in [0.29, 0.717) is 19.3 Å². The first kappa shape index (κ1) is 72.9. The van der Waals surface area contributed by atoms with E-state index in [0.717, 1.165) is 51.4 Å². The van der Waals surface area contributed by atoms with Crippen molar-refractivity contribution >= 4 is 5.91 Å². The van der Waals surface area contributed by atoms with Gasteiger partial charge in [-0.1, -0.05) is 302 Å². The predicted molar refractivity (Wildman–Crippen MR) is 316 cm³/mol. The molecule has 1 heterocycles. The summed E-state index contributed by atoms with van der Waals surface area (Å²) < 4.78 is 11.2. The van der Waals surface area contributed by atoms with E-state index in [-0.39, 0.29) is 6.42 Å². The first-order valence-corrected chi connectivity index (χ1v) is 33.1. The molecule has 1 fully saturated rings. The summed E-state index contributed by atoms with van der Waals surface area (Å²) in [6.07, 6.45) is 54.3. The lowest BCUT2D eigenvalue weighted by Crippen LogP contribution is -2.60. The Morgan fingerprint density at radius 1 is 0.447 bits per heavy atom. The summed E-state index contributed by atoms with van der Waals surface area (Å²) in [7, 11) is 0. The number of hydrogen-bond donors (Lipinski definition) is 8. The average Bonchev–Trinajstić information content (AvgIpc) is 3.42. The lowest BCUT2D eigenvalue weighted by Gasteiger charge is -2.40. The second kappa shape index (κ2) is 54.4. The number of ether oxygens (including phenoxy) is 2. The Morgan fingerprint density at radius 3 is 1.11 bits per heavy atom. The maximum Gasteiger partial charge on any atom is 0.249 e. The Balaban J connectivity index is 2.20. The largest absolute Gasteiger partial charge is 0.394 e. The molecule has 0 aliphatic carbocycles. The first-order chi connectivity index (χ1) is 37.2. The quantitative estimate of drug-likeness (QED) is 0.0215. The molecule has 11 nitrogen and oxygen atoms in total. The zero-order chi connectivity index (χ0) is 55.4. The molecule has 11 heteroatoms. The number of amides is 1. The molecule has 9 atom stereocenters. The molecule has 0 aromatic carbocycles. The van der Waals surface area contributed by atoms with Gasteiger partial charge in [0.15, 0.2) is 6.29 Å². The molecule has 0 radical (unpaired) electrons. The SMILES string of the molecule is CCCCCCCCCC/C=C\CCCCCCCCC(O)C(=O)NC(COC1OC(CO)C(O)C(O)C1O)C(O)C(O)CCCCCCCCCCCCCCCCCCCCCCCCCCCCCCCCC. The maximum atomic E-state index is 13.2. The zero-order valence-electron chi connectivity index (χ0n) is 49.8. The Bertz CT molecular complexity index is 1240. The number of carbonyl (C=O) groups is 1. The summed E-state index contributed by atoms with van der Waals surface area (Å²) in [5.74, 6) is -0.696. The summed E-state index contributed by atoms with van der Waals surface area (Å²) >= 11 is 0. The van der Waals surface area contributed by atoms with E-state index in [2.05, 4.69) is 31.3 Å². The van der Waals surface area contributed by atoms with Gasteiger partial charge in [0.25, 0.3) is 0 Å². The number of hydrogen-bond acceptors (Lipinski definition) is 10. The van der Waals surface area contributed by atoms with Crippen LogP contribution in [0.25, 0.3) is 0 Å². The molecule has 8 N–H and O–H groups in total. The van der Waals surface area contributed by atoms with E-state index in [4.69, 9.17) is 9.47 Å². The highest BCUT2D eigenvalue weighted by molar-refractivity contribution is 5.80. The normalized spacial score (nSPS) is 19.6. The van der Waals surface area contributed by atoms with E-state index < -0.39 is 74.2 Å². The smallest absolute Gasteiger partial charge is 0.249 e. The standard InChI is InChI=1S/C65H127NO10/c1-3-5-7-9-11-13-15-17-19-21-23-24-25-26-27-28-29-30-31-32-33-34-35-37-38-40-42-44-46-48-50-52-57(68)60(70)56(55-75-65-63(73)62(72)61(71)59(54-67)76-65)66-64(74)58(69)53-51-49-47-45-43-41-39-36-22-20-18-16-14-12-10-8-6-4-2/h22,36,56-63,65,67-73H,3-21,23-35,37-55H2,1-2H3,(H,66,74)/b36-22-. The molecule has 452 valence electrons. The van der Waals surface area contributed by atoms with Crippen molar-refractivity contribution in [3.8, 4) is 0 Å². The van der Waals surface area contributed by atoms with Crippen LogP contribution in [0.1, 0.15) is 328 Å². The minimum absolute atomic E-state index is 0.256. The Kier molecular flexibility index (Phi) is 52.2. The molecule has 1 rings (SSSR count). The number of allylic oxidation sites excluding steroid dienone is 2. The van der Waals surface area contributed by atoms with Crippen molar-refractivity contribution in [1.82, 2.24) is 5.32 Å². The molecular weight excluding hydrogens is 955 g/mol. The fraction of sp³-hybridized carbons (Fsp3) is 0.954. The van der Waals surface area contributed by atoms with Gasteiger partial charge in [-0.25, -0.2) is 0 Å². The third kappa shape index (κ3) is 41.8. The highest BCUT2D eigenvalue weighted by Crippen LogP contribution is 2.24. The number of unbranched alkanes of at least 4 members (excludes halogenated alkanes) is 44. The first-order valence-electron chi connectivity index (χ1n) is 33.1. The number of carbonyl (C=O) groups excluding carboxylic acids is 1. The maximum absolute atomic E-state index is 13.2. The van der Waals surface area contributed by atoms with Gasteiger partial charge in [0.1, 0.15) is 36.6 Å². The molecule has 0 spiro atoms. The van der Waals surface area contributed by atoms with E-state index in [1.807, 2.05) is 0 Å². The van der Waals surface area contributed by atoms with Crippen LogP contribution in [0.2, 0.25) is 0 Å². The van der Waals surface area contributed by atoms with Gasteiger partial charge in [0, 0.05) is 0 Å². The fourth-order valence-electron chi connectivity index (χ4n) is 11.0. The van der Waals surface area contributed by atoms with Crippen LogP contribution >= 0.6 is 0 Å². The zero-order valence-corrected chi connectivity index (χ0v) is 49.8. The molecule has 0 aromatic rings. The molecular formula is C65H127NO10. The summed E-state index contributed by atoms with van der Waals surface area (Å²) in [5.41, 5.74) is 0. The van der Waals surface area contributed by atoms with Gasteiger partial charge >= 0.3 is 0 Å². The van der Waals surface area contributed by atoms with Gasteiger partial charge in [-0.3, -0.25) is 4.79 Å². The van der Waals surface area contributed by atoms with Crippen molar-refractivity contribution in [3.63, 3.8) is 0 Å². The van der Waals surface area contributed by atoms with Crippen molar-refractivity contribution in [2.45, 2.75) is 384 Å². The molecule has 1 amide bonds. The number of nitrogens with one attached hydrogen (secondary N) is 1. The van der Waals surface area contributed by atoms with Crippen LogP contribution in [-0.4, -0.2) is 110 Å². The number of aliphatic hydroxyl groups excluding tert-OH is 7. The summed E-state index contributed by atoms with van der Waals surface area (Å²) in [6.45, 7) is 3.50. The third-order valence-electron chi connectivity index (χ3n) is 16.3. The monoisotopic (exact) mass is 1080 g/mol. The summed E-state index contributed by atoms with van der Waals surface area (Å²) in [4.78, 5) is 13.2. The van der Waals surface area contributed by atoms with E-state index in [1.54, 1.807) is 0 Å². The van der Waals surface area contributed by atoms with Gasteiger partial charge in [0.05, 0.1) is 25.4 Å². The minimum atomic E-state index is -1.66. The van der Waals surface area contributed by atoms with Crippen LogP contribution in [0.4, 0.5) is 0 Å². The number of aliphatic hydroxyl groups is 7. The van der Waals surface area contributed by atoms with Crippen molar-refractivity contribution in [2.24, 2.45) is 0 Å². The molecule has 76 heavy (non-hydrogen) atoms. The molecule has 1 saturated heterocycles. The van der Waals surface area contributed by atoms with Crippen LogP contribution in [-0.2, 0) is 14.3 Å². The highest BCUT2D eigenvalue weighted by Gasteiger charge is 2.44. The highest BCUT2D eigenvalue weighted by atomic mass is 16.7. The predicted octanol–water partition coefficient (Wildman–Crippen LogP) is 15.1. The van der Waals surface area contributed by atoms with Crippen molar-refractivity contribution in [3.05, 3.63) is 12.2 Å². The molecule has 9 unspecified atom stereocenters. The topological polar surface area (TPSA) is 189 Å². The Labute approximate surface area is 468 Å². The van der Waals surface area contributed by atoms with E-state index >= 15 is 0 Å².